The van der Waals surface area contributed by atoms with Gasteiger partial charge in [-0.25, -0.2) is 0 Å². The Morgan fingerprint density at radius 1 is 0.545 bits per heavy atom. The van der Waals surface area contributed by atoms with E-state index in [0.29, 0.717) is 0 Å². The molecule has 3 aromatic heterocycles. The van der Waals surface area contributed by atoms with Crippen LogP contribution in [0.2, 0.25) is 0 Å². The fourth-order valence-electron chi connectivity index (χ4n) is 5.88. The molecule has 162 valence electrons. The van der Waals surface area contributed by atoms with E-state index in [1.807, 2.05) is 60.9 Å². The highest BCUT2D eigenvalue weighted by molar-refractivity contribution is 5.91. The SMILES string of the molecule is O[C@H]1[C@H](c2c[nH]c3ccccc23)c2c([nH]c3ccccc23)[C@@H](c2c[nH]c3ccccc23)[C@@H]1O. The third-order valence-electron chi connectivity index (χ3n) is 7.34. The average molecular weight is 434 g/mol. The molecule has 0 aliphatic heterocycles. The predicted octanol–water partition coefficient (Wildman–Crippen LogP) is 5.13. The van der Waals surface area contributed by atoms with Crippen LogP contribution in [0, 0.1) is 0 Å². The second kappa shape index (κ2) is 6.85. The van der Waals surface area contributed by atoms with Crippen LogP contribution in [0.25, 0.3) is 32.7 Å². The number of aliphatic hydroxyl groups is 2. The minimum absolute atomic E-state index is 0.358. The predicted molar refractivity (Wildman–Crippen MR) is 131 cm³/mol. The molecule has 7 rings (SSSR count). The van der Waals surface area contributed by atoms with E-state index in [0.717, 1.165) is 55.1 Å². The third-order valence-corrected chi connectivity index (χ3v) is 7.34. The van der Waals surface area contributed by atoms with Gasteiger partial charge >= 0.3 is 0 Å². The Morgan fingerprint density at radius 3 is 1.67 bits per heavy atom. The van der Waals surface area contributed by atoms with Crippen LogP contribution >= 0.6 is 0 Å². The minimum Gasteiger partial charge on any atom is -0.389 e. The van der Waals surface area contributed by atoms with Crippen molar-refractivity contribution >= 4 is 32.7 Å². The lowest BCUT2D eigenvalue weighted by Gasteiger charge is -2.38. The van der Waals surface area contributed by atoms with Gasteiger partial charge in [-0.2, -0.15) is 0 Å². The molecule has 3 heterocycles. The first-order chi connectivity index (χ1) is 16.2. The zero-order valence-corrected chi connectivity index (χ0v) is 17.8. The Labute approximate surface area is 189 Å². The van der Waals surface area contributed by atoms with Crippen molar-refractivity contribution in [1.29, 1.82) is 0 Å². The van der Waals surface area contributed by atoms with Crippen molar-refractivity contribution in [2.24, 2.45) is 0 Å². The van der Waals surface area contributed by atoms with Gasteiger partial charge in [-0.3, -0.25) is 0 Å². The van der Waals surface area contributed by atoms with Gasteiger partial charge in [-0.1, -0.05) is 54.6 Å². The van der Waals surface area contributed by atoms with Crippen molar-refractivity contribution in [3.63, 3.8) is 0 Å². The van der Waals surface area contributed by atoms with Gasteiger partial charge in [0.1, 0.15) is 0 Å². The number of aliphatic hydroxyl groups excluding tert-OH is 2. The van der Waals surface area contributed by atoms with Crippen LogP contribution in [-0.2, 0) is 0 Å². The number of benzene rings is 3. The number of H-pyrrole nitrogens is 3. The van der Waals surface area contributed by atoms with E-state index in [2.05, 4.69) is 39.2 Å². The van der Waals surface area contributed by atoms with Gasteiger partial charge in [0.2, 0.25) is 0 Å². The molecule has 0 saturated carbocycles. The molecule has 3 aromatic carbocycles. The summed E-state index contributed by atoms with van der Waals surface area (Å²) in [6, 6.07) is 24.4. The molecule has 5 nitrogen and oxygen atoms in total. The Bertz CT molecular complexity index is 1640. The van der Waals surface area contributed by atoms with Gasteiger partial charge in [-0.15, -0.1) is 0 Å². The Kier molecular flexibility index (Phi) is 3.89. The topological polar surface area (TPSA) is 87.8 Å². The van der Waals surface area contributed by atoms with E-state index in [-0.39, 0.29) is 11.8 Å². The molecule has 0 fully saturated rings. The molecule has 5 N–H and O–H groups in total. The van der Waals surface area contributed by atoms with Crippen molar-refractivity contribution in [3.05, 3.63) is 108 Å². The molecule has 33 heavy (non-hydrogen) atoms. The second-order valence-corrected chi connectivity index (χ2v) is 9.01. The summed E-state index contributed by atoms with van der Waals surface area (Å²) >= 11 is 0. The van der Waals surface area contributed by atoms with E-state index in [1.165, 1.54) is 0 Å². The van der Waals surface area contributed by atoms with Crippen LogP contribution in [0.1, 0.15) is 34.2 Å². The zero-order valence-electron chi connectivity index (χ0n) is 17.8. The van der Waals surface area contributed by atoms with Crippen molar-refractivity contribution in [3.8, 4) is 0 Å². The highest BCUT2D eigenvalue weighted by Gasteiger charge is 2.46. The maximum Gasteiger partial charge on any atom is 0.0932 e. The van der Waals surface area contributed by atoms with E-state index in [1.54, 1.807) is 0 Å². The molecule has 1 aliphatic carbocycles. The van der Waals surface area contributed by atoms with E-state index < -0.39 is 12.2 Å². The van der Waals surface area contributed by atoms with Gasteiger partial charge in [0.25, 0.3) is 0 Å². The summed E-state index contributed by atoms with van der Waals surface area (Å²) in [7, 11) is 0. The van der Waals surface area contributed by atoms with Gasteiger partial charge in [0, 0.05) is 56.7 Å². The molecule has 5 heteroatoms. The van der Waals surface area contributed by atoms with Crippen LogP contribution in [0.15, 0.2) is 85.2 Å². The lowest BCUT2D eigenvalue weighted by molar-refractivity contribution is -0.00697. The highest BCUT2D eigenvalue weighted by atomic mass is 16.3. The number of hydrogen-bond acceptors (Lipinski definition) is 2. The van der Waals surface area contributed by atoms with Gasteiger partial charge in [0.05, 0.1) is 18.1 Å². The van der Waals surface area contributed by atoms with Crippen LogP contribution < -0.4 is 0 Å². The lowest BCUT2D eigenvalue weighted by atomic mass is 9.70. The Morgan fingerprint density at radius 2 is 1.03 bits per heavy atom. The summed E-state index contributed by atoms with van der Waals surface area (Å²) in [6.45, 7) is 0. The number of para-hydroxylation sites is 3. The number of nitrogens with one attached hydrogen (secondary N) is 3. The molecule has 4 atom stereocenters. The minimum atomic E-state index is -0.969. The fourth-order valence-corrected chi connectivity index (χ4v) is 5.88. The number of aromatic amines is 3. The smallest absolute Gasteiger partial charge is 0.0932 e. The van der Waals surface area contributed by atoms with Crippen molar-refractivity contribution in [2.75, 3.05) is 0 Å². The standard InChI is InChI=1S/C28H23N3O2/c32-27-24(18-13-29-20-10-4-1-7-15(18)20)23-17-9-3-6-12-22(17)31-26(23)25(28(27)33)19-14-30-21-11-5-2-8-16(19)21/h1-14,24-25,27-33H/t24-,25-,27+,28+/m1/s1. The average Bonchev–Trinajstić information content (AvgIpc) is 3.56. The summed E-state index contributed by atoms with van der Waals surface area (Å²) in [4.78, 5) is 10.3. The first-order valence-electron chi connectivity index (χ1n) is 11.3. The molecule has 1 aliphatic rings. The first kappa shape index (κ1) is 18.7. The monoisotopic (exact) mass is 433 g/mol. The summed E-state index contributed by atoms with van der Waals surface area (Å²) in [5.41, 5.74) is 7.07. The molecule has 0 amide bonds. The molecular formula is C28H23N3O2. The molecule has 0 radical (unpaired) electrons. The first-order valence-corrected chi connectivity index (χ1v) is 11.3. The largest absolute Gasteiger partial charge is 0.389 e. The molecule has 6 aromatic rings. The summed E-state index contributed by atoms with van der Waals surface area (Å²) < 4.78 is 0. The Balaban J connectivity index is 1.53. The third kappa shape index (κ3) is 2.55. The zero-order chi connectivity index (χ0) is 22.1. The second-order valence-electron chi connectivity index (χ2n) is 9.01. The summed E-state index contributed by atoms with van der Waals surface area (Å²) in [5, 5.41) is 26.4. The quantitative estimate of drug-likeness (QED) is 0.262. The van der Waals surface area contributed by atoms with E-state index in [4.69, 9.17) is 0 Å². The van der Waals surface area contributed by atoms with Gasteiger partial charge in [-0.05, 0) is 34.9 Å². The molecular weight excluding hydrogens is 410 g/mol. The Hall–Kier alpha value is -3.80. The molecule has 0 unspecified atom stereocenters. The van der Waals surface area contributed by atoms with Crippen molar-refractivity contribution < 1.29 is 10.2 Å². The highest BCUT2D eigenvalue weighted by Crippen LogP contribution is 2.50. The van der Waals surface area contributed by atoms with Crippen molar-refractivity contribution in [1.82, 2.24) is 15.0 Å². The van der Waals surface area contributed by atoms with E-state index >= 15 is 0 Å². The lowest BCUT2D eigenvalue weighted by Crippen LogP contribution is -2.42. The number of fused-ring (bicyclic) bond motifs is 5. The van der Waals surface area contributed by atoms with Crippen LogP contribution in [0.5, 0.6) is 0 Å². The van der Waals surface area contributed by atoms with Crippen LogP contribution in [0.3, 0.4) is 0 Å². The molecule has 0 spiro atoms. The molecule has 0 saturated heterocycles. The summed E-state index contributed by atoms with van der Waals surface area (Å²) in [6.07, 6.45) is 2.01. The number of hydrogen-bond donors (Lipinski definition) is 5. The normalized spacial score (nSPS) is 22.8. The van der Waals surface area contributed by atoms with Crippen LogP contribution in [0.4, 0.5) is 0 Å². The van der Waals surface area contributed by atoms with Crippen molar-refractivity contribution in [2.45, 2.75) is 24.0 Å². The van der Waals surface area contributed by atoms with Gasteiger partial charge in [0.15, 0.2) is 0 Å². The maximum absolute atomic E-state index is 11.6. The fraction of sp³-hybridized carbons (Fsp3) is 0.143. The van der Waals surface area contributed by atoms with E-state index in [9.17, 15) is 10.2 Å². The maximum atomic E-state index is 11.6. The van der Waals surface area contributed by atoms with Crippen LogP contribution in [-0.4, -0.2) is 37.4 Å². The number of aromatic nitrogens is 3. The molecule has 0 bridgehead atoms. The van der Waals surface area contributed by atoms with Gasteiger partial charge < -0.3 is 25.2 Å². The summed E-state index contributed by atoms with van der Waals surface area (Å²) in [5.74, 6) is -0.733. The number of rotatable bonds is 2.